The lowest BCUT2D eigenvalue weighted by Gasteiger charge is -2.13. The number of ether oxygens (including phenoxy) is 3. The second-order valence-electron chi connectivity index (χ2n) is 7.27. The molecule has 9 nitrogen and oxygen atoms in total. The zero-order valence-electron chi connectivity index (χ0n) is 19.4. The maximum Gasteiger partial charge on any atom is 0.338 e. The van der Waals surface area contributed by atoms with E-state index in [1.54, 1.807) is 48.5 Å². The van der Waals surface area contributed by atoms with Crippen LogP contribution in [0.25, 0.3) is 0 Å². The molecule has 0 aliphatic carbocycles. The summed E-state index contributed by atoms with van der Waals surface area (Å²) in [6.45, 7) is 5.95. The lowest BCUT2D eigenvalue weighted by atomic mass is 10.2. The van der Waals surface area contributed by atoms with Gasteiger partial charge in [0.15, 0.2) is 11.7 Å². The fraction of sp³-hybridized carbons (Fsp3) is 0.333. The largest absolute Gasteiger partial charge is 0.491 e. The molecule has 34 heavy (non-hydrogen) atoms. The minimum absolute atomic E-state index is 0.0757. The molecule has 10 heteroatoms. The molecule has 2 aromatic rings. The summed E-state index contributed by atoms with van der Waals surface area (Å²) in [6.07, 6.45) is 1.70. The Hall–Kier alpha value is -3.66. The van der Waals surface area contributed by atoms with Crippen LogP contribution in [0.5, 0.6) is 11.5 Å². The van der Waals surface area contributed by atoms with E-state index in [1.165, 1.54) is 0 Å². The molecular formula is C24H29N3O6S. The third kappa shape index (κ3) is 9.07. The summed E-state index contributed by atoms with van der Waals surface area (Å²) in [7, 11) is 0. The average molecular weight is 488 g/mol. The average Bonchev–Trinajstić information content (AvgIpc) is 2.85. The van der Waals surface area contributed by atoms with Crippen LogP contribution >= 0.6 is 12.2 Å². The third-order valence-corrected chi connectivity index (χ3v) is 4.67. The predicted molar refractivity (Wildman–Crippen MR) is 131 cm³/mol. The second-order valence-corrected chi connectivity index (χ2v) is 7.67. The van der Waals surface area contributed by atoms with Gasteiger partial charge in [-0.15, -0.1) is 0 Å². The van der Waals surface area contributed by atoms with Crippen LogP contribution in [-0.2, 0) is 9.53 Å². The number of hydrazine groups is 1. The number of amides is 2. The Balaban J connectivity index is 1.71. The summed E-state index contributed by atoms with van der Waals surface area (Å²) < 4.78 is 16.1. The molecule has 182 valence electrons. The fourth-order valence-corrected chi connectivity index (χ4v) is 2.63. The van der Waals surface area contributed by atoms with E-state index >= 15 is 0 Å². The molecule has 0 bridgehead atoms. The van der Waals surface area contributed by atoms with Gasteiger partial charge in [-0.3, -0.25) is 25.8 Å². The van der Waals surface area contributed by atoms with E-state index in [0.717, 1.165) is 12.8 Å². The summed E-state index contributed by atoms with van der Waals surface area (Å²) in [5.74, 6) is -0.296. The van der Waals surface area contributed by atoms with Crippen molar-refractivity contribution in [3.63, 3.8) is 0 Å². The minimum atomic E-state index is -0.519. The Bertz CT molecular complexity index is 979. The van der Waals surface area contributed by atoms with E-state index < -0.39 is 17.8 Å². The van der Waals surface area contributed by atoms with Crippen molar-refractivity contribution in [1.82, 2.24) is 16.2 Å². The Morgan fingerprint density at radius 1 is 0.912 bits per heavy atom. The molecule has 0 aromatic heterocycles. The normalized spacial score (nSPS) is 11.0. The second kappa shape index (κ2) is 13.8. The van der Waals surface area contributed by atoms with Crippen LogP contribution < -0.4 is 25.6 Å². The van der Waals surface area contributed by atoms with E-state index in [2.05, 4.69) is 16.2 Å². The zero-order chi connectivity index (χ0) is 24.9. The molecule has 0 aliphatic rings. The molecule has 3 N–H and O–H groups in total. The van der Waals surface area contributed by atoms with Gasteiger partial charge in [-0.1, -0.05) is 13.8 Å². The SMILES string of the molecule is CCCOC(=O)c1ccc(OCC(=O)NNC(=S)NC(=O)c2ccc(OC(C)CC)cc2)cc1. The number of benzene rings is 2. The van der Waals surface area contributed by atoms with Gasteiger partial charge < -0.3 is 14.2 Å². The lowest BCUT2D eigenvalue weighted by molar-refractivity contribution is -0.123. The summed E-state index contributed by atoms with van der Waals surface area (Å²) in [6, 6.07) is 12.9. The van der Waals surface area contributed by atoms with Crippen LogP contribution in [-0.4, -0.2) is 42.2 Å². The van der Waals surface area contributed by atoms with E-state index in [0.29, 0.717) is 29.2 Å². The van der Waals surface area contributed by atoms with Gasteiger partial charge in [0.1, 0.15) is 11.5 Å². The monoisotopic (exact) mass is 487 g/mol. The summed E-state index contributed by atoms with van der Waals surface area (Å²) >= 11 is 5.03. The van der Waals surface area contributed by atoms with Crippen LogP contribution in [0.15, 0.2) is 48.5 Å². The highest BCUT2D eigenvalue weighted by Gasteiger charge is 2.11. The number of hydrogen-bond acceptors (Lipinski definition) is 7. The van der Waals surface area contributed by atoms with Crippen molar-refractivity contribution in [3.05, 3.63) is 59.7 Å². The maximum absolute atomic E-state index is 12.3. The molecular weight excluding hydrogens is 458 g/mol. The van der Waals surface area contributed by atoms with Gasteiger partial charge >= 0.3 is 5.97 Å². The first-order chi connectivity index (χ1) is 16.3. The first-order valence-electron chi connectivity index (χ1n) is 10.9. The van der Waals surface area contributed by atoms with Crippen molar-refractivity contribution in [1.29, 1.82) is 0 Å². The number of carbonyl (C=O) groups is 3. The Morgan fingerprint density at radius 2 is 1.53 bits per heavy atom. The molecule has 1 unspecified atom stereocenters. The fourth-order valence-electron chi connectivity index (χ4n) is 2.48. The van der Waals surface area contributed by atoms with Crippen LogP contribution in [0.4, 0.5) is 0 Å². The van der Waals surface area contributed by atoms with Crippen molar-refractivity contribution < 1.29 is 28.6 Å². The minimum Gasteiger partial charge on any atom is -0.491 e. The van der Waals surface area contributed by atoms with Crippen LogP contribution in [0.3, 0.4) is 0 Å². The van der Waals surface area contributed by atoms with Gasteiger partial charge in [-0.25, -0.2) is 4.79 Å². The number of hydrogen-bond donors (Lipinski definition) is 3. The smallest absolute Gasteiger partial charge is 0.338 e. The van der Waals surface area contributed by atoms with Gasteiger partial charge in [0.05, 0.1) is 18.3 Å². The number of thiocarbonyl (C=S) groups is 1. The predicted octanol–water partition coefficient (Wildman–Crippen LogP) is 3.15. The van der Waals surface area contributed by atoms with Gasteiger partial charge in [-0.2, -0.15) is 0 Å². The van der Waals surface area contributed by atoms with Crippen molar-refractivity contribution >= 4 is 35.1 Å². The Labute approximate surface area is 204 Å². The Morgan fingerprint density at radius 3 is 2.15 bits per heavy atom. The Kier molecular flexibility index (Phi) is 10.8. The highest BCUT2D eigenvalue weighted by molar-refractivity contribution is 7.80. The summed E-state index contributed by atoms with van der Waals surface area (Å²) in [5, 5.41) is 2.39. The molecule has 0 heterocycles. The first kappa shape index (κ1) is 26.6. The van der Waals surface area contributed by atoms with Crippen molar-refractivity contribution in [3.8, 4) is 11.5 Å². The first-order valence-corrected chi connectivity index (χ1v) is 11.3. The van der Waals surface area contributed by atoms with E-state index in [1.807, 2.05) is 20.8 Å². The third-order valence-electron chi connectivity index (χ3n) is 4.47. The molecule has 2 amide bonds. The lowest BCUT2D eigenvalue weighted by Crippen LogP contribution is -2.49. The number of rotatable bonds is 10. The zero-order valence-corrected chi connectivity index (χ0v) is 20.2. The topological polar surface area (TPSA) is 115 Å². The number of nitrogens with one attached hydrogen (secondary N) is 3. The highest BCUT2D eigenvalue weighted by Crippen LogP contribution is 2.15. The van der Waals surface area contributed by atoms with Crippen molar-refractivity contribution in [2.75, 3.05) is 13.2 Å². The van der Waals surface area contributed by atoms with Gasteiger partial charge in [0.2, 0.25) is 0 Å². The van der Waals surface area contributed by atoms with Crippen LogP contribution in [0, 0.1) is 0 Å². The van der Waals surface area contributed by atoms with E-state index in [-0.39, 0.29) is 17.8 Å². The number of esters is 1. The van der Waals surface area contributed by atoms with Crippen molar-refractivity contribution in [2.24, 2.45) is 0 Å². The quantitative estimate of drug-likeness (QED) is 0.266. The molecule has 0 aliphatic heterocycles. The van der Waals surface area contributed by atoms with Gasteiger partial charge in [0, 0.05) is 5.56 Å². The van der Waals surface area contributed by atoms with E-state index in [4.69, 9.17) is 26.4 Å². The highest BCUT2D eigenvalue weighted by atomic mass is 32.1. The molecule has 2 aromatic carbocycles. The van der Waals surface area contributed by atoms with Gasteiger partial charge in [-0.05, 0) is 80.5 Å². The summed E-state index contributed by atoms with van der Waals surface area (Å²) in [5.41, 5.74) is 5.56. The summed E-state index contributed by atoms with van der Waals surface area (Å²) in [4.78, 5) is 36.0. The molecule has 2 rings (SSSR count). The number of carbonyl (C=O) groups excluding carboxylic acids is 3. The van der Waals surface area contributed by atoms with Gasteiger partial charge in [0.25, 0.3) is 11.8 Å². The molecule has 0 saturated carbocycles. The molecule has 0 saturated heterocycles. The van der Waals surface area contributed by atoms with Crippen LogP contribution in [0.1, 0.15) is 54.3 Å². The molecule has 1 atom stereocenters. The standard InChI is InChI=1S/C24H29N3O6S/c1-4-14-31-23(30)18-8-10-19(11-9-18)32-15-21(28)26-27-24(34)25-22(29)17-6-12-20(13-7-17)33-16(3)5-2/h6-13,16H,4-5,14-15H2,1-3H3,(H,26,28)(H2,25,27,29,34). The molecule has 0 fully saturated rings. The molecule has 0 radical (unpaired) electrons. The maximum atomic E-state index is 12.3. The molecule has 0 spiro atoms. The van der Waals surface area contributed by atoms with Crippen molar-refractivity contribution in [2.45, 2.75) is 39.7 Å². The van der Waals surface area contributed by atoms with E-state index in [9.17, 15) is 14.4 Å². The van der Waals surface area contributed by atoms with Crippen LogP contribution in [0.2, 0.25) is 0 Å².